The van der Waals surface area contributed by atoms with Gasteiger partial charge < -0.3 is 15.1 Å². The van der Waals surface area contributed by atoms with Crippen molar-refractivity contribution in [2.45, 2.75) is 26.7 Å². The normalized spacial score (nSPS) is 10.4. The zero-order valence-electron chi connectivity index (χ0n) is 15.5. The first-order chi connectivity index (χ1) is 12.0. The zero-order valence-corrected chi connectivity index (χ0v) is 15.5. The molecule has 1 aromatic heterocycles. The SMILES string of the molecule is CCCN(CCC)C(=O)c1ccc(Nc2ccc(N(C)C)cc2)nn1. The van der Waals surface area contributed by atoms with Gasteiger partial charge in [0, 0.05) is 38.6 Å². The van der Waals surface area contributed by atoms with Crippen molar-refractivity contribution in [3.8, 4) is 0 Å². The fourth-order valence-corrected chi connectivity index (χ4v) is 2.52. The third-order valence-corrected chi connectivity index (χ3v) is 3.81. The maximum Gasteiger partial charge on any atom is 0.274 e. The Morgan fingerprint density at radius 2 is 1.60 bits per heavy atom. The second-order valence-electron chi connectivity index (χ2n) is 6.16. The number of rotatable bonds is 8. The lowest BCUT2D eigenvalue weighted by Gasteiger charge is -2.20. The molecule has 1 aromatic carbocycles. The molecular formula is C19H27N5O. The number of nitrogens with zero attached hydrogens (tertiary/aromatic N) is 4. The first-order valence-corrected chi connectivity index (χ1v) is 8.72. The largest absolute Gasteiger partial charge is 0.378 e. The number of carbonyl (C=O) groups excluding carboxylic acids is 1. The molecule has 6 nitrogen and oxygen atoms in total. The molecule has 1 amide bonds. The van der Waals surface area contributed by atoms with Crippen LogP contribution in [0.3, 0.4) is 0 Å². The molecule has 134 valence electrons. The van der Waals surface area contributed by atoms with Crippen LogP contribution >= 0.6 is 0 Å². The van der Waals surface area contributed by atoms with Gasteiger partial charge in [0.15, 0.2) is 11.5 Å². The number of benzene rings is 1. The summed E-state index contributed by atoms with van der Waals surface area (Å²) in [6, 6.07) is 11.5. The van der Waals surface area contributed by atoms with E-state index in [-0.39, 0.29) is 5.91 Å². The Hall–Kier alpha value is -2.63. The molecule has 6 heteroatoms. The molecule has 1 N–H and O–H groups in total. The third kappa shape index (κ3) is 5.17. The van der Waals surface area contributed by atoms with Crippen molar-refractivity contribution in [2.24, 2.45) is 0 Å². The summed E-state index contributed by atoms with van der Waals surface area (Å²) >= 11 is 0. The fourth-order valence-electron chi connectivity index (χ4n) is 2.52. The molecule has 0 atom stereocenters. The van der Waals surface area contributed by atoms with Crippen LogP contribution in [0, 0.1) is 0 Å². The van der Waals surface area contributed by atoms with Crippen LogP contribution in [0.4, 0.5) is 17.2 Å². The molecule has 0 aliphatic rings. The van der Waals surface area contributed by atoms with Crippen molar-refractivity contribution in [2.75, 3.05) is 37.4 Å². The average Bonchev–Trinajstić information content (AvgIpc) is 2.62. The van der Waals surface area contributed by atoms with Crippen LogP contribution in [0.5, 0.6) is 0 Å². The number of hydrogen-bond donors (Lipinski definition) is 1. The van der Waals surface area contributed by atoms with Gasteiger partial charge in [0.2, 0.25) is 0 Å². The van der Waals surface area contributed by atoms with Gasteiger partial charge in [0.1, 0.15) is 0 Å². The Morgan fingerprint density at radius 1 is 0.960 bits per heavy atom. The summed E-state index contributed by atoms with van der Waals surface area (Å²) in [5.41, 5.74) is 2.44. The molecule has 0 fully saturated rings. The minimum absolute atomic E-state index is 0.0573. The summed E-state index contributed by atoms with van der Waals surface area (Å²) in [6.45, 7) is 5.62. The summed E-state index contributed by atoms with van der Waals surface area (Å²) in [5.74, 6) is 0.560. The average molecular weight is 341 g/mol. The predicted octanol–water partition coefficient (Wildman–Crippen LogP) is 3.55. The Kier molecular flexibility index (Phi) is 6.74. The summed E-state index contributed by atoms with van der Waals surface area (Å²) < 4.78 is 0. The van der Waals surface area contributed by atoms with Gasteiger partial charge in [-0.15, -0.1) is 10.2 Å². The van der Waals surface area contributed by atoms with E-state index in [4.69, 9.17) is 0 Å². The number of hydrogen-bond acceptors (Lipinski definition) is 5. The van der Waals surface area contributed by atoms with Gasteiger partial charge in [-0.3, -0.25) is 4.79 Å². The van der Waals surface area contributed by atoms with Gasteiger partial charge >= 0.3 is 0 Å². The standard InChI is InChI=1S/C19H27N5O/c1-5-13-24(14-6-2)19(25)17-11-12-18(22-21-17)20-15-7-9-16(10-8-15)23(3)4/h7-12H,5-6,13-14H2,1-4H3,(H,20,22). The van der Waals surface area contributed by atoms with Crippen LogP contribution in [0.25, 0.3) is 0 Å². The van der Waals surface area contributed by atoms with Crippen molar-refractivity contribution >= 4 is 23.1 Å². The highest BCUT2D eigenvalue weighted by molar-refractivity contribution is 5.92. The van der Waals surface area contributed by atoms with Gasteiger partial charge in [-0.2, -0.15) is 0 Å². The quantitative estimate of drug-likeness (QED) is 0.795. The Labute approximate surface area is 149 Å². The molecule has 25 heavy (non-hydrogen) atoms. The lowest BCUT2D eigenvalue weighted by Crippen LogP contribution is -2.33. The van der Waals surface area contributed by atoms with Gasteiger partial charge in [0.05, 0.1) is 0 Å². The molecule has 0 aliphatic carbocycles. The second-order valence-corrected chi connectivity index (χ2v) is 6.16. The minimum Gasteiger partial charge on any atom is -0.378 e. The van der Waals surface area contributed by atoms with E-state index in [9.17, 15) is 4.79 Å². The minimum atomic E-state index is -0.0573. The molecule has 0 saturated carbocycles. The zero-order chi connectivity index (χ0) is 18.2. The van der Waals surface area contributed by atoms with E-state index < -0.39 is 0 Å². The highest BCUT2D eigenvalue weighted by Crippen LogP contribution is 2.18. The number of carbonyl (C=O) groups is 1. The summed E-state index contributed by atoms with van der Waals surface area (Å²) in [4.78, 5) is 16.4. The van der Waals surface area contributed by atoms with Gasteiger partial charge in [-0.25, -0.2) is 0 Å². The van der Waals surface area contributed by atoms with Crippen LogP contribution in [0.1, 0.15) is 37.2 Å². The molecule has 0 bridgehead atoms. The van der Waals surface area contributed by atoms with Crippen molar-refractivity contribution in [3.05, 3.63) is 42.1 Å². The smallest absolute Gasteiger partial charge is 0.274 e. The summed E-state index contributed by atoms with van der Waals surface area (Å²) in [5, 5.41) is 11.4. The Bertz CT molecular complexity index is 661. The summed E-state index contributed by atoms with van der Waals surface area (Å²) in [6.07, 6.45) is 1.86. The molecule has 0 spiro atoms. The van der Waals surface area contributed by atoms with Gasteiger partial charge in [0.25, 0.3) is 5.91 Å². The fraction of sp³-hybridized carbons (Fsp3) is 0.421. The monoisotopic (exact) mass is 341 g/mol. The second kappa shape index (κ2) is 9.01. The third-order valence-electron chi connectivity index (χ3n) is 3.81. The van der Waals surface area contributed by atoms with E-state index in [1.165, 1.54) is 0 Å². The molecule has 0 unspecified atom stereocenters. The highest BCUT2D eigenvalue weighted by atomic mass is 16.2. The first-order valence-electron chi connectivity index (χ1n) is 8.72. The van der Waals surface area contributed by atoms with Crippen molar-refractivity contribution < 1.29 is 4.79 Å². The van der Waals surface area contributed by atoms with Crippen molar-refractivity contribution in [1.82, 2.24) is 15.1 Å². The van der Waals surface area contributed by atoms with E-state index in [1.807, 2.05) is 48.2 Å². The number of amides is 1. The van der Waals surface area contributed by atoms with Crippen molar-refractivity contribution in [1.29, 1.82) is 0 Å². The maximum absolute atomic E-state index is 12.5. The van der Waals surface area contributed by atoms with Gasteiger partial charge in [-0.05, 0) is 49.2 Å². The van der Waals surface area contributed by atoms with E-state index >= 15 is 0 Å². The number of nitrogens with one attached hydrogen (secondary N) is 1. The lowest BCUT2D eigenvalue weighted by molar-refractivity contribution is 0.0748. The Morgan fingerprint density at radius 3 is 2.08 bits per heavy atom. The van der Waals surface area contributed by atoms with E-state index in [1.54, 1.807) is 12.1 Å². The molecule has 2 rings (SSSR count). The van der Waals surface area contributed by atoms with Gasteiger partial charge in [-0.1, -0.05) is 13.8 Å². The molecular weight excluding hydrogens is 314 g/mol. The van der Waals surface area contributed by atoms with Crippen LogP contribution in [-0.2, 0) is 0 Å². The van der Waals surface area contributed by atoms with E-state index in [0.717, 1.165) is 37.3 Å². The number of aromatic nitrogens is 2. The molecule has 0 aliphatic heterocycles. The van der Waals surface area contributed by atoms with E-state index in [0.29, 0.717) is 11.5 Å². The molecule has 2 aromatic rings. The maximum atomic E-state index is 12.5. The van der Waals surface area contributed by atoms with Crippen molar-refractivity contribution in [3.63, 3.8) is 0 Å². The topological polar surface area (TPSA) is 61.4 Å². The van der Waals surface area contributed by atoms with Crippen LogP contribution < -0.4 is 10.2 Å². The predicted molar refractivity (Wildman–Crippen MR) is 103 cm³/mol. The molecule has 0 radical (unpaired) electrons. The lowest BCUT2D eigenvalue weighted by atomic mass is 10.2. The number of anilines is 3. The molecule has 1 heterocycles. The molecule has 0 saturated heterocycles. The first kappa shape index (κ1) is 18.7. The van der Waals surface area contributed by atoms with E-state index in [2.05, 4.69) is 29.4 Å². The Balaban J connectivity index is 2.04. The van der Waals surface area contributed by atoms with Crippen LogP contribution in [0.2, 0.25) is 0 Å². The van der Waals surface area contributed by atoms with Crippen LogP contribution in [0.15, 0.2) is 36.4 Å². The summed E-state index contributed by atoms with van der Waals surface area (Å²) in [7, 11) is 4.01. The highest BCUT2D eigenvalue weighted by Gasteiger charge is 2.16. The van der Waals surface area contributed by atoms with Crippen LogP contribution in [-0.4, -0.2) is 48.2 Å².